The van der Waals surface area contributed by atoms with Gasteiger partial charge in [-0.3, -0.25) is 0 Å². The number of fused-ring (bicyclic) bond motifs is 1. The van der Waals surface area contributed by atoms with Gasteiger partial charge in [0.05, 0.1) is 10.4 Å². The molecule has 1 nitrogen and oxygen atoms in total. The van der Waals surface area contributed by atoms with Gasteiger partial charge in [-0.1, -0.05) is 49.5 Å². The summed E-state index contributed by atoms with van der Waals surface area (Å²) in [5, 5.41) is 10.4. The lowest BCUT2D eigenvalue weighted by molar-refractivity contribution is 0.0498. The lowest BCUT2D eigenvalue weighted by atomic mass is 9.85. The minimum atomic E-state index is -0.205. The lowest BCUT2D eigenvalue weighted by Gasteiger charge is -2.31. The van der Waals surface area contributed by atoms with Gasteiger partial charge in [0, 0.05) is 0 Å². The van der Waals surface area contributed by atoms with E-state index in [0.717, 1.165) is 11.8 Å². The fourth-order valence-corrected chi connectivity index (χ4v) is 4.82. The fraction of sp³-hybridized carbons (Fsp3) is 1.00. The van der Waals surface area contributed by atoms with E-state index in [4.69, 9.17) is 0 Å². The van der Waals surface area contributed by atoms with E-state index >= 15 is 0 Å². The molecule has 1 N–H and O–H groups in total. The SMILES string of the molecule is CC(C)(C)C(O)C1(Br)C2CCCCC21. The Kier molecular flexibility index (Phi) is 2.51. The molecule has 2 aliphatic rings. The van der Waals surface area contributed by atoms with Crippen molar-refractivity contribution in [1.29, 1.82) is 0 Å². The van der Waals surface area contributed by atoms with E-state index < -0.39 is 0 Å². The van der Waals surface area contributed by atoms with Crippen LogP contribution in [0.3, 0.4) is 0 Å². The maximum atomic E-state index is 10.4. The topological polar surface area (TPSA) is 20.2 Å². The van der Waals surface area contributed by atoms with E-state index in [2.05, 4.69) is 36.7 Å². The molecule has 82 valence electrons. The van der Waals surface area contributed by atoms with Crippen LogP contribution in [0.4, 0.5) is 0 Å². The van der Waals surface area contributed by atoms with Gasteiger partial charge in [-0.2, -0.15) is 0 Å². The molecule has 0 spiro atoms. The van der Waals surface area contributed by atoms with Gasteiger partial charge in [0.1, 0.15) is 0 Å². The van der Waals surface area contributed by atoms with E-state index in [-0.39, 0.29) is 15.8 Å². The minimum absolute atomic E-state index is 0.000833. The number of hydrogen-bond acceptors (Lipinski definition) is 1. The first kappa shape index (κ1) is 10.9. The van der Waals surface area contributed by atoms with Crippen LogP contribution in [0.25, 0.3) is 0 Å². The predicted molar refractivity (Wildman–Crippen MR) is 62.6 cm³/mol. The van der Waals surface area contributed by atoms with Crippen molar-refractivity contribution in [3.63, 3.8) is 0 Å². The summed E-state index contributed by atoms with van der Waals surface area (Å²) in [6, 6.07) is 0. The van der Waals surface area contributed by atoms with Gasteiger partial charge < -0.3 is 5.11 Å². The molecule has 0 bridgehead atoms. The molecule has 2 saturated carbocycles. The van der Waals surface area contributed by atoms with Crippen molar-refractivity contribution in [3.8, 4) is 0 Å². The molecule has 0 saturated heterocycles. The Bertz CT molecular complexity index is 219. The number of rotatable bonds is 1. The van der Waals surface area contributed by atoms with E-state index in [0.29, 0.717) is 0 Å². The highest BCUT2D eigenvalue weighted by atomic mass is 79.9. The van der Waals surface area contributed by atoms with Gasteiger partial charge in [0.25, 0.3) is 0 Å². The van der Waals surface area contributed by atoms with Crippen molar-refractivity contribution in [2.24, 2.45) is 17.3 Å². The third kappa shape index (κ3) is 1.46. The standard InChI is InChI=1S/C12H21BrO/c1-11(2,3)10(14)12(13)8-6-4-5-7-9(8)12/h8-10,14H,4-7H2,1-3H3. The molecule has 0 aromatic carbocycles. The molecule has 0 amide bonds. The summed E-state index contributed by atoms with van der Waals surface area (Å²) in [7, 11) is 0. The van der Waals surface area contributed by atoms with Crippen LogP contribution in [0.2, 0.25) is 0 Å². The Balaban J connectivity index is 2.11. The molecule has 3 unspecified atom stereocenters. The molecular weight excluding hydrogens is 240 g/mol. The average Bonchev–Trinajstić information content (AvgIpc) is 2.72. The second kappa shape index (κ2) is 3.21. The van der Waals surface area contributed by atoms with Crippen LogP contribution < -0.4 is 0 Å². The Hall–Kier alpha value is 0.440. The fourth-order valence-electron chi connectivity index (χ4n) is 3.17. The van der Waals surface area contributed by atoms with Crippen LogP contribution >= 0.6 is 15.9 Å². The van der Waals surface area contributed by atoms with Gasteiger partial charge in [-0.05, 0) is 30.1 Å². The lowest BCUT2D eigenvalue weighted by Crippen LogP contribution is -2.37. The Morgan fingerprint density at radius 1 is 1.21 bits per heavy atom. The highest BCUT2D eigenvalue weighted by molar-refractivity contribution is 9.10. The zero-order valence-electron chi connectivity index (χ0n) is 9.39. The van der Waals surface area contributed by atoms with Crippen LogP contribution in [0.1, 0.15) is 46.5 Å². The number of halogens is 1. The highest BCUT2D eigenvalue weighted by Gasteiger charge is 2.68. The van der Waals surface area contributed by atoms with Crippen molar-refractivity contribution in [2.75, 3.05) is 0 Å². The molecule has 2 rings (SSSR count). The number of aliphatic hydroxyl groups excluding tert-OH is 1. The quantitative estimate of drug-likeness (QED) is 0.718. The summed E-state index contributed by atoms with van der Waals surface area (Å²) in [5.41, 5.74) is 0.000833. The summed E-state index contributed by atoms with van der Waals surface area (Å²) in [6.45, 7) is 6.39. The Labute approximate surface area is 95.4 Å². The van der Waals surface area contributed by atoms with Gasteiger partial charge >= 0.3 is 0 Å². The maximum Gasteiger partial charge on any atom is 0.0747 e. The number of alkyl halides is 1. The van der Waals surface area contributed by atoms with Gasteiger partial charge in [-0.25, -0.2) is 0 Å². The molecular formula is C12H21BrO. The molecule has 2 fully saturated rings. The van der Waals surface area contributed by atoms with E-state index in [1.807, 2.05) is 0 Å². The summed E-state index contributed by atoms with van der Waals surface area (Å²) in [5.74, 6) is 1.48. The van der Waals surface area contributed by atoms with Crippen LogP contribution in [0, 0.1) is 17.3 Å². The molecule has 0 heterocycles. The van der Waals surface area contributed by atoms with Crippen molar-refractivity contribution in [1.82, 2.24) is 0 Å². The molecule has 0 aromatic rings. The molecule has 3 atom stereocenters. The van der Waals surface area contributed by atoms with E-state index in [1.54, 1.807) is 0 Å². The number of aliphatic hydroxyl groups is 1. The zero-order valence-corrected chi connectivity index (χ0v) is 11.0. The van der Waals surface area contributed by atoms with Gasteiger partial charge in [0.15, 0.2) is 0 Å². The van der Waals surface area contributed by atoms with Gasteiger partial charge in [-0.15, -0.1) is 0 Å². The van der Waals surface area contributed by atoms with Crippen LogP contribution in [-0.2, 0) is 0 Å². The second-order valence-electron chi connectivity index (χ2n) is 6.09. The van der Waals surface area contributed by atoms with E-state index in [9.17, 15) is 5.11 Å². The Morgan fingerprint density at radius 3 is 2.00 bits per heavy atom. The molecule has 0 aliphatic heterocycles. The monoisotopic (exact) mass is 260 g/mol. The third-order valence-electron chi connectivity index (χ3n) is 4.03. The largest absolute Gasteiger partial charge is 0.391 e. The van der Waals surface area contributed by atoms with Crippen molar-refractivity contribution >= 4 is 15.9 Å². The number of hydrogen-bond donors (Lipinski definition) is 1. The summed E-state index contributed by atoms with van der Waals surface area (Å²) < 4.78 is 0.0573. The van der Waals surface area contributed by atoms with Gasteiger partial charge in [0.2, 0.25) is 0 Å². The summed E-state index contributed by atoms with van der Waals surface area (Å²) in [4.78, 5) is 0. The Morgan fingerprint density at radius 2 is 1.64 bits per heavy atom. The van der Waals surface area contributed by atoms with E-state index in [1.165, 1.54) is 25.7 Å². The second-order valence-corrected chi connectivity index (χ2v) is 7.47. The first-order valence-corrected chi connectivity index (χ1v) is 6.54. The predicted octanol–water partition coefficient (Wildman–Crippen LogP) is 3.35. The maximum absolute atomic E-state index is 10.4. The first-order valence-electron chi connectivity index (χ1n) is 5.75. The van der Waals surface area contributed by atoms with Crippen LogP contribution in [0.15, 0.2) is 0 Å². The van der Waals surface area contributed by atoms with Crippen LogP contribution in [-0.4, -0.2) is 15.5 Å². The molecule has 0 radical (unpaired) electrons. The van der Waals surface area contributed by atoms with Crippen molar-refractivity contribution in [3.05, 3.63) is 0 Å². The molecule has 2 heteroatoms. The molecule has 0 aromatic heterocycles. The zero-order chi connectivity index (χ0) is 10.6. The minimum Gasteiger partial charge on any atom is -0.391 e. The van der Waals surface area contributed by atoms with Crippen molar-refractivity contribution < 1.29 is 5.11 Å². The third-order valence-corrected chi connectivity index (χ3v) is 5.64. The summed E-state index contributed by atoms with van der Waals surface area (Å²) >= 11 is 3.83. The van der Waals surface area contributed by atoms with Crippen molar-refractivity contribution in [2.45, 2.75) is 56.9 Å². The smallest absolute Gasteiger partial charge is 0.0747 e. The highest BCUT2D eigenvalue weighted by Crippen LogP contribution is 2.67. The van der Waals surface area contributed by atoms with Crippen LogP contribution in [0.5, 0.6) is 0 Å². The first-order chi connectivity index (χ1) is 6.38. The normalized spacial score (nSPS) is 44.4. The molecule has 2 aliphatic carbocycles. The average molecular weight is 261 g/mol. The molecule has 14 heavy (non-hydrogen) atoms. The summed E-state index contributed by atoms with van der Waals surface area (Å²) in [6.07, 6.45) is 5.12.